The molecule has 4 saturated heterocycles. The van der Waals surface area contributed by atoms with Crippen molar-refractivity contribution >= 4 is 23.9 Å². The lowest BCUT2D eigenvalue weighted by atomic mass is 9.79. The summed E-state index contributed by atoms with van der Waals surface area (Å²) in [6, 6.07) is -18.1. The average Bonchev–Trinajstić information content (AvgIpc) is 0.701. The van der Waals surface area contributed by atoms with Crippen LogP contribution >= 0.6 is 0 Å². The lowest BCUT2D eigenvalue weighted by Crippen LogP contribution is -2.51. The number of carbonyl (C=O) groups excluding carboxylic acids is 4. The van der Waals surface area contributed by atoms with Gasteiger partial charge in [0.15, 0.2) is 46.0 Å². The van der Waals surface area contributed by atoms with Crippen LogP contribution in [0, 0.1) is 70.9 Å². The summed E-state index contributed by atoms with van der Waals surface area (Å²) in [6.45, 7) is -29.9. The van der Waals surface area contributed by atoms with E-state index in [2.05, 4.69) is 0 Å². The molecule has 672 valence electrons. The third kappa shape index (κ3) is 23.8. The molecule has 120 heavy (non-hydrogen) atoms. The van der Waals surface area contributed by atoms with E-state index in [1.54, 1.807) is 41.5 Å². The average molecular weight is 1740 g/mol. The summed E-state index contributed by atoms with van der Waals surface area (Å²) in [4.78, 5) is 57.8. The standard InChI is InChI=1S/4C24H38N2O4/c4*1-14(2)9-17-13-26-8-7-16-10-21(28-5)22(29-6)11-18(16)19(26)12-20(17)30-24(27)23(25)15(3)4/h4*10-11,14-15,17,19-20,23H,7-9,12-13,25H2,1-6H3/t4*17?,19?,20?,23-/m0000/s1/i2*3D3,4D3,5D3,7D2,8D2,15D,19D,20D,23D;3D3,4D3,7D2,8D2,15D,19D,20D,23D;3D3,4D3,7D2,8D2,10D,11D,15D,23D. The monoisotopic (exact) mass is 1740 g/mol. The van der Waals surface area contributed by atoms with Gasteiger partial charge in [-0.2, -0.15) is 0 Å². The smallest absolute Gasteiger partial charge is 0.323 e. The Morgan fingerprint density at radius 1 is 0.383 bits per heavy atom. The van der Waals surface area contributed by atoms with Crippen molar-refractivity contribution in [3.05, 3.63) is 93.0 Å². The molecule has 8 N–H and O–H groups in total. The number of hydrogen-bond donors (Lipinski definition) is 4. The molecule has 4 fully saturated rings. The van der Waals surface area contributed by atoms with Gasteiger partial charge in [0.05, 0.1) is 81.4 Å². The van der Waals surface area contributed by atoms with E-state index in [1.807, 2.05) is 13.8 Å². The van der Waals surface area contributed by atoms with Crippen molar-refractivity contribution in [1.82, 2.24) is 19.6 Å². The van der Waals surface area contributed by atoms with Crippen LogP contribution in [0.5, 0.6) is 46.0 Å². The summed E-state index contributed by atoms with van der Waals surface area (Å²) in [7, 11) is 1.19. The van der Waals surface area contributed by atoms with E-state index in [0.29, 0.717) is 0 Å². The molecule has 4 aromatic carbocycles. The number of ether oxygens (including phenoxy) is 12. The molecule has 0 aromatic heterocycles. The molecule has 8 heterocycles. The first-order chi connectivity index (χ1) is 80.8. The molecule has 8 aliphatic heterocycles. The first-order valence-electron chi connectivity index (χ1n) is 69.4. The number of carbonyl (C=O) groups is 4. The maximum absolute atomic E-state index is 13.6. The number of piperidine rings is 4. The first-order valence-corrected chi connectivity index (χ1v) is 38.4. The molecule has 0 amide bonds. The number of rotatable bonds is 28. The maximum atomic E-state index is 13.6. The van der Waals surface area contributed by atoms with E-state index in [-0.39, 0.29) is 131 Å². The quantitative estimate of drug-likeness (QED) is 0.0303. The molecule has 12 unspecified atom stereocenters. The van der Waals surface area contributed by atoms with Crippen molar-refractivity contribution in [3.8, 4) is 46.0 Å². The molecule has 0 bridgehead atoms. The number of nitrogens with two attached hydrogens (primary N) is 4. The molecular weight excluding hydrogens is 1520 g/mol. The summed E-state index contributed by atoms with van der Waals surface area (Å²) in [5.74, 6) is -30.6. The normalized spacial score (nSPS) is 42.0. The minimum atomic E-state index is -3.94. The number of fused-ring (bicyclic) bond motifs is 12. The molecule has 0 spiro atoms. The van der Waals surface area contributed by atoms with E-state index in [1.165, 1.54) is 45.5 Å². The van der Waals surface area contributed by atoms with Gasteiger partial charge in [0.1, 0.15) is 48.4 Å². The predicted octanol–water partition coefficient (Wildman–Crippen LogP) is 14.3. The Labute approximate surface area is 805 Å². The SMILES string of the molecule is [2H]C([2H])([2H])Oc1cc2c(cc1OC)C1([2H])CC([2H])(OC(=O)[C@@]([2H])(N)C([2H])(C([2H])([2H])[2H])C([2H])([2H])[2H])C(CC(C)C)CN1C([2H])([2H])C2([2H])[2H].[2H]C([2H])([2H])Oc1cc2c(cc1OC)C1([2H])CC([2H])(OC(=O)[C@@]([2H])(N)C([2H])(C([2H])([2H])[2H])C([2H])([2H])[2H])C(CC(C)C)CN1C([2H])([2H])C2([2H])[2H].[2H]C1(OC(=O)[C@@]([2H])(N)C([2H])(C([2H])([2H])[2H])C([2H])([2H])[2H])CC2([2H])c3cc(OC)c(OC)cc3C([2H])([2H])C([2H])([2H])N2CC1CC(C)C.[2H]c1c(OC)c(OC)c([2H])c2c1C1CC(OC(=O)[C@@]([2H])(N)C([2H])(C([2H])([2H])[2H])C([2H])([2H])[2H])C(CC(C)C)CN1C([2H])([2H])C2([2H])[2H]. The van der Waals surface area contributed by atoms with E-state index >= 15 is 0 Å². The van der Waals surface area contributed by atoms with Gasteiger partial charge in [-0.25, -0.2) is 0 Å². The molecular formula is C96H152N8O16. The van der Waals surface area contributed by atoms with Gasteiger partial charge in [0, 0.05) is 186 Å². The van der Waals surface area contributed by atoms with Gasteiger partial charge >= 0.3 is 23.9 Å². The van der Waals surface area contributed by atoms with Crippen molar-refractivity contribution in [1.29, 1.82) is 0 Å². The van der Waals surface area contributed by atoms with Crippen molar-refractivity contribution in [2.75, 3.05) is 109 Å². The Hall–Kier alpha value is -7.16. The highest BCUT2D eigenvalue weighted by atomic mass is 16.6. The molecule has 24 nitrogen and oxygen atoms in total. The van der Waals surface area contributed by atoms with Gasteiger partial charge in [0.2, 0.25) is 0 Å². The van der Waals surface area contributed by atoms with Crippen LogP contribution in [0.15, 0.2) is 48.5 Å². The number of nitrogens with zero attached hydrogens (tertiary/aromatic N) is 4. The van der Waals surface area contributed by atoms with Gasteiger partial charge in [0.25, 0.3) is 0 Å². The number of esters is 4. The van der Waals surface area contributed by atoms with Crippen molar-refractivity contribution in [2.45, 2.75) is 260 Å². The van der Waals surface area contributed by atoms with Crippen LogP contribution in [-0.4, -0.2) is 201 Å². The van der Waals surface area contributed by atoms with Gasteiger partial charge in [-0.3, -0.25) is 38.8 Å². The highest BCUT2D eigenvalue weighted by molar-refractivity contribution is 5.77. The van der Waals surface area contributed by atoms with E-state index in [4.69, 9.17) is 157 Å². The zero-order chi connectivity index (χ0) is 142. The summed E-state index contributed by atoms with van der Waals surface area (Å²) >= 11 is 0. The minimum absolute atomic E-state index is 0.00981. The Bertz CT molecular complexity index is 6650. The van der Waals surface area contributed by atoms with Gasteiger partial charge < -0.3 is 79.8 Å². The van der Waals surface area contributed by atoms with E-state index in [0.717, 1.165) is 53.2 Å². The molecule has 24 heteroatoms. The fourth-order valence-corrected chi connectivity index (χ4v) is 14.9. The highest BCUT2D eigenvalue weighted by Crippen LogP contribution is 2.50. The number of methoxy groups -OCH3 is 8. The number of benzene rings is 4. The topological polar surface area (TPSA) is 296 Å². The Morgan fingerprint density at radius 3 is 0.983 bits per heavy atom. The van der Waals surface area contributed by atoms with E-state index in [9.17, 15) is 27.4 Å². The highest BCUT2D eigenvalue weighted by Gasteiger charge is 2.47. The molecule has 0 radical (unpaired) electrons. The number of aryl methyl sites for hydroxylation is 3. The molecule has 0 saturated carbocycles. The van der Waals surface area contributed by atoms with Crippen molar-refractivity contribution in [3.63, 3.8) is 0 Å². The summed E-state index contributed by atoms with van der Waals surface area (Å²) in [6.07, 6.45) is -23.3. The van der Waals surface area contributed by atoms with Crippen LogP contribution in [0.25, 0.3) is 0 Å². The molecule has 16 atom stereocenters. The second-order valence-electron chi connectivity index (χ2n) is 30.7. The fraction of sp³-hybridized carbons (Fsp3) is 0.708. The zero-order valence-corrected chi connectivity index (χ0v) is 69.4. The summed E-state index contributed by atoms with van der Waals surface area (Å²) in [5, 5.41) is 0. The second kappa shape index (κ2) is 43.9. The predicted molar refractivity (Wildman–Crippen MR) is 471 cm³/mol. The van der Waals surface area contributed by atoms with E-state index < -0.39 is 337 Å². The summed E-state index contributed by atoms with van der Waals surface area (Å²) in [5.41, 5.74) is 20.2. The van der Waals surface area contributed by atoms with Crippen LogP contribution in [0.4, 0.5) is 0 Å². The lowest BCUT2D eigenvalue weighted by Gasteiger charge is -2.47. The van der Waals surface area contributed by atoms with Gasteiger partial charge in [-0.1, -0.05) is 110 Å². The first kappa shape index (κ1) is 42.2. The Kier molecular flexibility index (Phi) is 15.5. The van der Waals surface area contributed by atoms with Crippen molar-refractivity contribution < 1.29 is 161 Å². The van der Waals surface area contributed by atoms with Crippen LogP contribution < -0.4 is 60.8 Å². The molecule has 12 rings (SSSR count). The summed E-state index contributed by atoms with van der Waals surface area (Å²) < 4.78 is 575. The molecule has 0 aliphatic carbocycles. The van der Waals surface area contributed by atoms with Crippen molar-refractivity contribution in [2.24, 2.45) is 93.9 Å². The lowest BCUT2D eigenvalue weighted by molar-refractivity contribution is -0.161. The van der Waals surface area contributed by atoms with Crippen LogP contribution in [-0.2, 0) is 63.6 Å². The maximum Gasteiger partial charge on any atom is 0.323 e. The van der Waals surface area contributed by atoms with Gasteiger partial charge in [-0.15, -0.1) is 0 Å². The molecule has 4 aromatic rings. The number of hydrogen-bond acceptors (Lipinski definition) is 24. The Balaban J connectivity index is 0.000000265. The van der Waals surface area contributed by atoms with Crippen LogP contribution in [0.1, 0.15) is 315 Å². The Morgan fingerprint density at radius 2 is 0.667 bits per heavy atom. The zero-order valence-electron chi connectivity index (χ0n) is 131. The van der Waals surface area contributed by atoms with Crippen LogP contribution in [0.3, 0.4) is 0 Å². The third-order valence-electron chi connectivity index (χ3n) is 20.6. The van der Waals surface area contributed by atoms with Gasteiger partial charge in [-0.05, 0) is 191 Å². The fourth-order valence-electron chi connectivity index (χ4n) is 14.9. The molecule has 8 aliphatic rings. The van der Waals surface area contributed by atoms with Crippen LogP contribution in [0.2, 0.25) is 0 Å². The second-order valence-corrected chi connectivity index (χ2v) is 30.7. The minimum Gasteiger partial charge on any atom is -0.493 e. The largest absolute Gasteiger partial charge is 0.493 e. The third-order valence-corrected chi connectivity index (χ3v) is 20.6.